The summed E-state index contributed by atoms with van der Waals surface area (Å²) in [7, 11) is 1.26. The second kappa shape index (κ2) is 10.6. The first-order chi connectivity index (χ1) is 18.5. The number of hydrogen-bond donors (Lipinski definition) is 2. The largest absolute Gasteiger partial charge is 0.465 e. The zero-order valence-electron chi connectivity index (χ0n) is 22.6. The van der Waals surface area contributed by atoms with Crippen molar-refractivity contribution in [3.05, 3.63) is 83.4 Å². The first kappa shape index (κ1) is 27.1. The Bertz CT molecular complexity index is 1320. The molecule has 0 spiro atoms. The van der Waals surface area contributed by atoms with Crippen molar-refractivity contribution in [2.75, 3.05) is 17.7 Å². The Hall–Kier alpha value is -3.48. The molecule has 2 unspecified atom stereocenters. The van der Waals surface area contributed by atoms with Gasteiger partial charge in [-0.25, -0.2) is 4.79 Å². The van der Waals surface area contributed by atoms with Gasteiger partial charge in [-0.1, -0.05) is 38.1 Å². The van der Waals surface area contributed by atoms with E-state index in [0.29, 0.717) is 23.2 Å². The van der Waals surface area contributed by atoms with Crippen LogP contribution in [0, 0.1) is 17.8 Å². The van der Waals surface area contributed by atoms with Crippen molar-refractivity contribution < 1.29 is 22.7 Å². The highest BCUT2D eigenvalue weighted by Gasteiger charge is 2.45. The van der Waals surface area contributed by atoms with E-state index < -0.39 is 17.7 Å². The van der Waals surface area contributed by atoms with E-state index in [-0.39, 0.29) is 16.7 Å². The molecule has 7 heteroatoms. The SMILES string of the molecule is COC(=O)c1ccccc1Nc1cc(Nc2ccc(C34CC(C)CC(CC(C)C3)C4)cc2)cc(C(F)(F)F)c1. The van der Waals surface area contributed by atoms with Crippen LogP contribution in [0.4, 0.5) is 35.9 Å². The molecule has 4 nitrogen and oxygen atoms in total. The van der Waals surface area contributed by atoms with Gasteiger partial charge in [-0.15, -0.1) is 0 Å². The molecule has 2 saturated carbocycles. The van der Waals surface area contributed by atoms with Crippen molar-refractivity contribution in [2.45, 2.75) is 57.5 Å². The van der Waals surface area contributed by atoms with Crippen LogP contribution in [0.2, 0.25) is 0 Å². The predicted octanol–water partition coefficient (Wildman–Crippen LogP) is 9.08. The monoisotopic (exact) mass is 536 g/mol. The summed E-state index contributed by atoms with van der Waals surface area (Å²) in [6.45, 7) is 4.71. The molecule has 3 aromatic carbocycles. The minimum Gasteiger partial charge on any atom is -0.465 e. The molecule has 206 valence electrons. The topological polar surface area (TPSA) is 50.4 Å². The molecule has 2 aliphatic rings. The molecule has 2 atom stereocenters. The fourth-order valence-electron chi connectivity index (χ4n) is 7.10. The molecular weight excluding hydrogens is 501 g/mol. The molecule has 2 fully saturated rings. The van der Waals surface area contributed by atoms with E-state index in [0.717, 1.165) is 23.7 Å². The summed E-state index contributed by atoms with van der Waals surface area (Å²) in [5, 5.41) is 6.13. The zero-order valence-corrected chi connectivity index (χ0v) is 22.6. The summed E-state index contributed by atoms with van der Waals surface area (Å²) < 4.78 is 46.2. The summed E-state index contributed by atoms with van der Waals surface area (Å²) in [4.78, 5) is 12.1. The lowest BCUT2D eigenvalue weighted by molar-refractivity contribution is -0.137. The number of halogens is 3. The molecule has 0 aromatic heterocycles. The highest BCUT2D eigenvalue weighted by atomic mass is 19.4. The summed E-state index contributed by atoms with van der Waals surface area (Å²) in [5.41, 5.74) is 2.56. The Morgan fingerprint density at radius 1 is 0.846 bits per heavy atom. The molecule has 0 saturated heterocycles. The van der Waals surface area contributed by atoms with Crippen molar-refractivity contribution >= 4 is 28.7 Å². The zero-order chi connectivity index (χ0) is 27.8. The molecule has 0 amide bonds. The van der Waals surface area contributed by atoms with Gasteiger partial charge >= 0.3 is 12.1 Å². The van der Waals surface area contributed by atoms with Crippen molar-refractivity contribution in [1.82, 2.24) is 0 Å². The quantitative estimate of drug-likeness (QED) is 0.309. The summed E-state index contributed by atoms with van der Waals surface area (Å²) >= 11 is 0. The standard InChI is InChI=1S/C32H35F3N2O2/c1-20-12-22-13-21(2)18-31(17-20,19-22)23-8-10-25(11-9-23)36-26-14-24(32(33,34)35)15-27(16-26)37-29-7-5-4-6-28(29)30(38)39-3/h4-11,14-16,20-22,36-37H,12-13,17-19H2,1-3H3. The molecule has 0 radical (unpaired) electrons. The van der Waals surface area contributed by atoms with Crippen molar-refractivity contribution in [2.24, 2.45) is 17.8 Å². The predicted molar refractivity (Wildman–Crippen MR) is 149 cm³/mol. The van der Waals surface area contributed by atoms with E-state index in [9.17, 15) is 18.0 Å². The summed E-state index contributed by atoms with van der Waals surface area (Å²) in [6.07, 6.45) is 1.69. The van der Waals surface area contributed by atoms with Crippen LogP contribution in [0.1, 0.15) is 67.4 Å². The van der Waals surface area contributed by atoms with Gasteiger partial charge in [0, 0.05) is 17.1 Å². The molecule has 0 aliphatic heterocycles. The van der Waals surface area contributed by atoms with E-state index in [1.165, 1.54) is 44.8 Å². The number of nitrogens with one attached hydrogen (secondary N) is 2. The average Bonchev–Trinajstić information content (AvgIpc) is 2.87. The van der Waals surface area contributed by atoms with E-state index in [1.807, 2.05) is 12.1 Å². The molecule has 2 bridgehead atoms. The van der Waals surface area contributed by atoms with E-state index in [1.54, 1.807) is 30.3 Å². The Kier molecular flexibility index (Phi) is 7.36. The van der Waals surface area contributed by atoms with Gasteiger partial charge in [0.05, 0.1) is 23.9 Å². The highest BCUT2D eigenvalue weighted by Crippen LogP contribution is 2.54. The number of ether oxygens (including phenoxy) is 1. The minimum absolute atomic E-state index is 0.193. The number of para-hydroxylation sites is 1. The van der Waals surface area contributed by atoms with Gasteiger partial charge in [0.2, 0.25) is 0 Å². The van der Waals surface area contributed by atoms with Crippen molar-refractivity contribution in [3.63, 3.8) is 0 Å². The van der Waals surface area contributed by atoms with Crippen LogP contribution >= 0.6 is 0 Å². The third-order valence-electron chi connectivity index (χ3n) is 8.29. The first-order valence-electron chi connectivity index (χ1n) is 13.6. The minimum atomic E-state index is -4.54. The number of carbonyl (C=O) groups is 1. The number of alkyl halides is 3. The number of anilines is 4. The number of methoxy groups -OCH3 is 1. The number of benzene rings is 3. The van der Waals surface area contributed by atoms with Gasteiger partial charge in [-0.3, -0.25) is 0 Å². The van der Waals surface area contributed by atoms with Crippen LogP contribution in [-0.2, 0) is 16.3 Å². The van der Waals surface area contributed by atoms with Gasteiger partial charge in [0.15, 0.2) is 0 Å². The van der Waals surface area contributed by atoms with Crippen LogP contribution in [0.15, 0.2) is 66.7 Å². The fourth-order valence-corrected chi connectivity index (χ4v) is 7.10. The van der Waals surface area contributed by atoms with Crippen LogP contribution in [-0.4, -0.2) is 13.1 Å². The average molecular weight is 537 g/mol. The molecule has 5 rings (SSSR count). The molecular formula is C32H35F3N2O2. The normalized spacial score (nSPS) is 24.6. The number of hydrogen-bond acceptors (Lipinski definition) is 4. The van der Waals surface area contributed by atoms with Crippen LogP contribution in [0.3, 0.4) is 0 Å². The molecule has 2 N–H and O–H groups in total. The van der Waals surface area contributed by atoms with Crippen molar-refractivity contribution in [1.29, 1.82) is 0 Å². The van der Waals surface area contributed by atoms with Crippen LogP contribution in [0.5, 0.6) is 0 Å². The lowest BCUT2D eigenvalue weighted by Crippen LogP contribution is -2.42. The van der Waals surface area contributed by atoms with Crippen LogP contribution < -0.4 is 10.6 Å². The van der Waals surface area contributed by atoms with Crippen LogP contribution in [0.25, 0.3) is 0 Å². The molecule has 39 heavy (non-hydrogen) atoms. The molecule has 0 heterocycles. The second-order valence-corrected chi connectivity index (χ2v) is 11.6. The van der Waals surface area contributed by atoms with Gasteiger partial charge in [-0.2, -0.15) is 13.2 Å². The number of fused-ring (bicyclic) bond motifs is 2. The molecule has 3 aromatic rings. The number of rotatable bonds is 6. The Labute approximate surface area is 228 Å². The third-order valence-corrected chi connectivity index (χ3v) is 8.29. The first-order valence-corrected chi connectivity index (χ1v) is 13.6. The maximum Gasteiger partial charge on any atom is 0.416 e. The van der Waals surface area contributed by atoms with Gasteiger partial charge < -0.3 is 15.4 Å². The highest BCUT2D eigenvalue weighted by molar-refractivity contribution is 5.96. The maximum absolute atomic E-state index is 13.8. The molecule has 2 aliphatic carbocycles. The van der Waals surface area contributed by atoms with Gasteiger partial charge in [0.1, 0.15) is 0 Å². The summed E-state index contributed by atoms with van der Waals surface area (Å²) in [5.74, 6) is 1.61. The van der Waals surface area contributed by atoms with Gasteiger partial charge in [-0.05, 0) is 103 Å². The van der Waals surface area contributed by atoms with E-state index >= 15 is 0 Å². The summed E-state index contributed by atoms with van der Waals surface area (Å²) in [6, 6.07) is 18.5. The number of carbonyl (C=O) groups excluding carboxylic acids is 1. The third kappa shape index (κ3) is 5.92. The number of esters is 1. The van der Waals surface area contributed by atoms with E-state index in [2.05, 4.69) is 36.6 Å². The Morgan fingerprint density at radius 3 is 2.08 bits per heavy atom. The Morgan fingerprint density at radius 2 is 1.46 bits per heavy atom. The maximum atomic E-state index is 13.8. The Balaban J connectivity index is 1.41. The lowest BCUT2D eigenvalue weighted by Gasteiger charge is -2.50. The smallest absolute Gasteiger partial charge is 0.416 e. The second-order valence-electron chi connectivity index (χ2n) is 11.6. The fraction of sp³-hybridized carbons (Fsp3) is 0.406. The van der Waals surface area contributed by atoms with Gasteiger partial charge in [0.25, 0.3) is 0 Å². The lowest BCUT2D eigenvalue weighted by atomic mass is 9.54. The van der Waals surface area contributed by atoms with E-state index in [4.69, 9.17) is 4.74 Å². The van der Waals surface area contributed by atoms with Crippen molar-refractivity contribution in [3.8, 4) is 0 Å².